The lowest BCUT2D eigenvalue weighted by Crippen LogP contribution is -2.23. The molecular weight excluding hydrogens is 320 g/mol. The van der Waals surface area contributed by atoms with E-state index in [4.69, 9.17) is 9.47 Å². The number of rotatable bonds is 5. The maximum atomic E-state index is 12.6. The number of carboxylic acid groups (broad SMARTS) is 1. The van der Waals surface area contributed by atoms with Gasteiger partial charge in [-0.1, -0.05) is 30.3 Å². The van der Waals surface area contributed by atoms with E-state index in [0.717, 1.165) is 11.1 Å². The van der Waals surface area contributed by atoms with Gasteiger partial charge in [-0.05, 0) is 42.5 Å². The number of aliphatic carboxylic acids is 1. The molecule has 0 saturated carbocycles. The second kappa shape index (κ2) is 7.38. The smallest absolute Gasteiger partial charge is 0.314 e. The van der Waals surface area contributed by atoms with Crippen LogP contribution in [-0.4, -0.2) is 24.0 Å². The van der Waals surface area contributed by atoms with Crippen molar-refractivity contribution in [2.24, 2.45) is 5.92 Å². The zero-order valence-corrected chi connectivity index (χ0v) is 14.0. The number of aryl methyl sites for hydroxylation is 1. The van der Waals surface area contributed by atoms with Gasteiger partial charge in [0.1, 0.15) is 12.5 Å². The third-order valence-corrected chi connectivity index (χ3v) is 4.45. The molecule has 25 heavy (non-hydrogen) atoms. The summed E-state index contributed by atoms with van der Waals surface area (Å²) in [5, 5.41) is 9.27. The number of hydrogen-bond donors (Lipinski definition) is 1. The van der Waals surface area contributed by atoms with Crippen molar-refractivity contribution in [3.8, 4) is 11.5 Å². The quantitative estimate of drug-likeness (QED) is 0.666. The zero-order valence-electron chi connectivity index (χ0n) is 14.0. The largest absolute Gasteiger partial charge is 0.493 e. The van der Waals surface area contributed by atoms with Gasteiger partial charge in [-0.15, -0.1) is 0 Å². The van der Waals surface area contributed by atoms with Crippen molar-refractivity contribution >= 4 is 11.8 Å². The minimum Gasteiger partial charge on any atom is -0.493 e. The average molecular weight is 340 g/mol. The van der Waals surface area contributed by atoms with Crippen LogP contribution in [0.5, 0.6) is 11.5 Å². The molecule has 0 bridgehead atoms. The van der Waals surface area contributed by atoms with E-state index in [1.165, 1.54) is 7.11 Å². The van der Waals surface area contributed by atoms with E-state index in [0.29, 0.717) is 42.9 Å². The summed E-state index contributed by atoms with van der Waals surface area (Å²) in [6.45, 7) is 0.391. The number of carbonyl (C=O) groups excluding carboxylic acids is 1. The van der Waals surface area contributed by atoms with Crippen LogP contribution in [0.15, 0.2) is 42.5 Å². The van der Waals surface area contributed by atoms with E-state index in [-0.39, 0.29) is 5.78 Å². The number of ether oxygens (including phenoxy) is 2. The zero-order chi connectivity index (χ0) is 17.8. The van der Waals surface area contributed by atoms with Crippen LogP contribution in [-0.2, 0) is 17.8 Å². The van der Waals surface area contributed by atoms with Crippen molar-refractivity contribution in [3.05, 3.63) is 59.2 Å². The molecule has 1 unspecified atom stereocenters. The molecule has 0 saturated heterocycles. The third kappa shape index (κ3) is 3.65. The SMILES string of the molecule is COc1cc2c(cc1OCc1ccccc1)CCCC(C(=O)O)C2=O. The molecule has 1 N–H and O–H groups in total. The molecule has 5 nitrogen and oxygen atoms in total. The molecule has 2 aromatic rings. The highest BCUT2D eigenvalue weighted by Crippen LogP contribution is 2.35. The van der Waals surface area contributed by atoms with Gasteiger partial charge in [-0.25, -0.2) is 0 Å². The van der Waals surface area contributed by atoms with Gasteiger partial charge in [0.25, 0.3) is 0 Å². The summed E-state index contributed by atoms with van der Waals surface area (Å²) < 4.78 is 11.2. The Balaban J connectivity index is 1.90. The Bertz CT molecular complexity index is 782. The highest BCUT2D eigenvalue weighted by Gasteiger charge is 2.32. The standard InChI is InChI=1S/C20H20O5/c1-24-17-11-16-14(8-5-9-15(19(16)21)20(22)23)10-18(17)25-12-13-6-3-2-4-7-13/h2-4,6-7,10-11,15H,5,8-9,12H2,1H3,(H,22,23). The first kappa shape index (κ1) is 17.0. The molecule has 0 amide bonds. The molecule has 0 aromatic heterocycles. The van der Waals surface area contributed by atoms with Crippen molar-refractivity contribution in [3.63, 3.8) is 0 Å². The van der Waals surface area contributed by atoms with E-state index >= 15 is 0 Å². The molecule has 0 spiro atoms. The molecule has 2 aromatic carbocycles. The fourth-order valence-corrected chi connectivity index (χ4v) is 3.10. The van der Waals surface area contributed by atoms with Crippen LogP contribution < -0.4 is 9.47 Å². The van der Waals surface area contributed by atoms with Crippen molar-refractivity contribution < 1.29 is 24.2 Å². The van der Waals surface area contributed by atoms with Crippen LogP contribution in [0.1, 0.15) is 34.3 Å². The summed E-state index contributed by atoms with van der Waals surface area (Å²) in [6.07, 6.45) is 1.65. The van der Waals surface area contributed by atoms with E-state index in [1.54, 1.807) is 12.1 Å². The lowest BCUT2D eigenvalue weighted by Gasteiger charge is -2.15. The molecule has 0 radical (unpaired) electrons. The van der Waals surface area contributed by atoms with Crippen molar-refractivity contribution in [2.45, 2.75) is 25.9 Å². The first-order chi connectivity index (χ1) is 12.1. The normalized spacial score (nSPS) is 16.7. The van der Waals surface area contributed by atoms with E-state index in [9.17, 15) is 14.7 Å². The van der Waals surface area contributed by atoms with E-state index < -0.39 is 11.9 Å². The minimum absolute atomic E-state index is 0.353. The third-order valence-electron chi connectivity index (χ3n) is 4.45. The summed E-state index contributed by atoms with van der Waals surface area (Å²) in [5.74, 6) is -1.41. The average Bonchev–Trinajstić information content (AvgIpc) is 2.78. The molecular formula is C20H20O5. The van der Waals surface area contributed by atoms with Gasteiger partial charge in [0.05, 0.1) is 7.11 Å². The lowest BCUT2D eigenvalue weighted by molar-refractivity contribution is -0.140. The Kier molecular flexibility index (Phi) is 5.03. The number of ketones is 1. The summed E-state index contributed by atoms with van der Waals surface area (Å²) in [4.78, 5) is 23.9. The number of hydrogen-bond acceptors (Lipinski definition) is 4. The molecule has 5 heteroatoms. The summed E-state index contributed by atoms with van der Waals surface area (Å²) in [5.41, 5.74) is 2.27. The Hall–Kier alpha value is -2.82. The highest BCUT2D eigenvalue weighted by atomic mass is 16.5. The first-order valence-electron chi connectivity index (χ1n) is 8.25. The molecule has 0 fully saturated rings. The number of Topliss-reactive ketones (excluding diaryl/α,β-unsaturated/α-hetero) is 1. The van der Waals surface area contributed by atoms with Gasteiger partial charge in [0, 0.05) is 5.56 Å². The summed E-state index contributed by atoms with van der Waals surface area (Å²) in [7, 11) is 1.51. The van der Waals surface area contributed by atoms with Crippen LogP contribution in [0.4, 0.5) is 0 Å². The van der Waals surface area contributed by atoms with Crippen LogP contribution in [0.2, 0.25) is 0 Å². The fraction of sp³-hybridized carbons (Fsp3) is 0.300. The van der Waals surface area contributed by atoms with Gasteiger partial charge in [-0.3, -0.25) is 9.59 Å². The van der Waals surface area contributed by atoms with Crippen molar-refractivity contribution in [1.29, 1.82) is 0 Å². The van der Waals surface area contributed by atoms with Crippen LogP contribution in [0, 0.1) is 5.92 Å². The highest BCUT2D eigenvalue weighted by molar-refractivity contribution is 6.09. The van der Waals surface area contributed by atoms with Crippen molar-refractivity contribution in [2.75, 3.05) is 7.11 Å². The molecule has 3 rings (SSSR count). The number of methoxy groups -OCH3 is 1. The molecule has 130 valence electrons. The second-order valence-electron chi connectivity index (χ2n) is 6.08. The Labute approximate surface area is 146 Å². The molecule has 1 aliphatic carbocycles. The maximum absolute atomic E-state index is 12.6. The number of benzene rings is 2. The predicted octanol–water partition coefficient (Wildman–Crippen LogP) is 3.49. The van der Waals surface area contributed by atoms with Gasteiger partial charge in [0.15, 0.2) is 17.3 Å². The van der Waals surface area contributed by atoms with Crippen molar-refractivity contribution in [1.82, 2.24) is 0 Å². The first-order valence-corrected chi connectivity index (χ1v) is 8.25. The van der Waals surface area contributed by atoms with Crippen LogP contribution >= 0.6 is 0 Å². The fourth-order valence-electron chi connectivity index (χ4n) is 3.10. The topological polar surface area (TPSA) is 72.8 Å². The maximum Gasteiger partial charge on any atom is 0.314 e. The van der Waals surface area contributed by atoms with Gasteiger partial charge < -0.3 is 14.6 Å². The Morgan fingerprint density at radius 2 is 1.96 bits per heavy atom. The van der Waals surface area contributed by atoms with Crippen LogP contribution in [0.3, 0.4) is 0 Å². The summed E-state index contributed by atoms with van der Waals surface area (Å²) >= 11 is 0. The predicted molar refractivity (Wildman–Crippen MR) is 92.2 cm³/mol. The number of carboxylic acids is 1. The Morgan fingerprint density at radius 1 is 1.20 bits per heavy atom. The monoisotopic (exact) mass is 340 g/mol. The molecule has 0 heterocycles. The van der Waals surface area contributed by atoms with Gasteiger partial charge >= 0.3 is 5.97 Å². The number of carbonyl (C=O) groups is 2. The Morgan fingerprint density at radius 3 is 2.64 bits per heavy atom. The van der Waals surface area contributed by atoms with Gasteiger partial charge in [0.2, 0.25) is 0 Å². The second-order valence-corrected chi connectivity index (χ2v) is 6.08. The molecule has 0 aliphatic heterocycles. The van der Waals surface area contributed by atoms with Gasteiger partial charge in [-0.2, -0.15) is 0 Å². The molecule has 1 aliphatic rings. The van der Waals surface area contributed by atoms with E-state index in [2.05, 4.69) is 0 Å². The minimum atomic E-state index is -1.07. The number of fused-ring (bicyclic) bond motifs is 1. The summed E-state index contributed by atoms with van der Waals surface area (Å²) in [6, 6.07) is 13.2. The lowest BCUT2D eigenvalue weighted by atomic mass is 9.95. The van der Waals surface area contributed by atoms with Crippen LogP contribution in [0.25, 0.3) is 0 Å². The van der Waals surface area contributed by atoms with E-state index in [1.807, 2.05) is 30.3 Å². The molecule has 1 atom stereocenters.